The Morgan fingerprint density at radius 2 is 1.96 bits per heavy atom. The maximum Gasteiger partial charge on any atom is 0.249 e. The summed E-state index contributed by atoms with van der Waals surface area (Å²) in [5.74, 6) is -0.492. The van der Waals surface area contributed by atoms with Gasteiger partial charge in [-0.15, -0.1) is 0 Å². The van der Waals surface area contributed by atoms with Crippen molar-refractivity contribution in [1.29, 1.82) is 0 Å². The number of amides is 2. The van der Waals surface area contributed by atoms with Gasteiger partial charge in [0.25, 0.3) is 0 Å². The second-order valence-electron chi connectivity index (χ2n) is 6.28. The van der Waals surface area contributed by atoms with Gasteiger partial charge in [-0.25, -0.2) is 4.39 Å². The van der Waals surface area contributed by atoms with Gasteiger partial charge in [0.05, 0.1) is 5.02 Å². The first-order chi connectivity index (χ1) is 11.0. The first kappa shape index (κ1) is 16.2. The fraction of sp³-hybridized carbons (Fsp3) is 0.529. The summed E-state index contributed by atoms with van der Waals surface area (Å²) in [6, 6.07) is 3.75. The lowest BCUT2D eigenvalue weighted by Gasteiger charge is -2.40. The van der Waals surface area contributed by atoms with Crippen molar-refractivity contribution in [2.75, 3.05) is 18.0 Å². The Morgan fingerprint density at radius 1 is 1.26 bits per heavy atom. The average Bonchev–Trinajstić information content (AvgIpc) is 3.06. The number of anilines is 1. The molecule has 124 valence electrons. The van der Waals surface area contributed by atoms with Crippen LogP contribution in [0.5, 0.6) is 0 Å². The van der Waals surface area contributed by atoms with E-state index in [0.717, 1.165) is 25.7 Å². The maximum atomic E-state index is 13.3. The molecule has 1 saturated carbocycles. The number of hydrogen-bond acceptors (Lipinski definition) is 2. The highest BCUT2D eigenvalue weighted by molar-refractivity contribution is 6.31. The SMILES string of the molecule is C[C@H]1C(=O)N(c2ccc(F)c(Cl)c2)CCN1C(=O)C1CCCC1. The van der Waals surface area contributed by atoms with E-state index in [0.29, 0.717) is 18.8 Å². The van der Waals surface area contributed by atoms with Crippen molar-refractivity contribution < 1.29 is 14.0 Å². The highest BCUT2D eigenvalue weighted by atomic mass is 35.5. The van der Waals surface area contributed by atoms with E-state index < -0.39 is 11.9 Å². The lowest BCUT2D eigenvalue weighted by molar-refractivity contribution is -0.143. The molecule has 3 rings (SSSR count). The van der Waals surface area contributed by atoms with Crippen LogP contribution in [0.4, 0.5) is 10.1 Å². The van der Waals surface area contributed by atoms with E-state index in [9.17, 15) is 14.0 Å². The van der Waals surface area contributed by atoms with E-state index in [-0.39, 0.29) is 22.8 Å². The number of carbonyl (C=O) groups is 2. The van der Waals surface area contributed by atoms with Gasteiger partial charge in [0.2, 0.25) is 11.8 Å². The molecule has 1 aromatic carbocycles. The highest BCUT2D eigenvalue weighted by Gasteiger charge is 2.38. The van der Waals surface area contributed by atoms with Crippen LogP contribution in [0.1, 0.15) is 32.6 Å². The average molecular weight is 339 g/mol. The predicted molar refractivity (Wildman–Crippen MR) is 86.9 cm³/mol. The molecule has 0 radical (unpaired) electrons. The van der Waals surface area contributed by atoms with Crippen molar-refractivity contribution in [2.24, 2.45) is 5.92 Å². The van der Waals surface area contributed by atoms with Gasteiger partial charge in [-0.05, 0) is 38.0 Å². The van der Waals surface area contributed by atoms with Crippen molar-refractivity contribution in [3.05, 3.63) is 29.0 Å². The zero-order valence-corrected chi connectivity index (χ0v) is 13.9. The second-order valence-corrected chi connectivity index (χ2v) is 6.68. The summed E-state index contributed by atoms with van der Waals surface area (Å²) in [6.45, 7) is 2.66. The molecule has 0 N–H and O–H groups in total. The first-order valence-electron chi connectivity index (χ1n) is 8.06. The van der Waals surface area contributed by atoms with Crippen LogP contribution in [0, 0.1) is 11.7 Å². The summed E-state index contributed by atoms with van der Waals surface area (Å²) in [5, 5.41) is -0.00702. The zero-order chi connectivity index (χ0) is 16.6. The Morgan fingerprint density at radius 3 is 2.61 bits per heavy atom. The van der Waals surface area contributed by atoms with Crippen LogP contribution in [-0.2, 0) is 9.59 Å². The fourth-order valence-electron chi connectivity index (χ4n) is 3.49. The molecular formula is C17H20ClFN2O2. The Labute approximate surface area is 140 Å². The Hall–Kier alpha value is -1.62. The predicted octanol–water partition coefficient (Wildman–Crippen LogP) is 3.23. The summed E-state index contributed by atoms with van der Waals surface area (Å²) < 4.78 is 13.3. The van der Waals surface area contributed by atoms with Crippen molar-refractivity contribution >= 4 is 29.1 Å². The Balaban J connectivity index is 1.75. The molecule has 2 fully saturated rings. The standard InChI is InChI=1S/C17H20ClFN2O2/c1-11-16(22)21(13-6-7-15(19)14(18)10-13)9-8-20(11)17(23)12-4-2-3-5-12/h6-7,10-12H,2-5,8-9H2,1H3/t11-/m0/s1. The van der Waals surface area contributed by atoms with Crippen molar-refractivity contribution in [2.45, 2.75) is 38.6 Å². The Bertz CT molecular complexity index is 631. The van der Waals surface area contributed by atoms with Crippen LogP contribution in [0.2, 0.25) is 5.02 Å². The largest absolute Gasteiger partial charge is 0.329 e. The molecule has 1 atom stereocenters. The van der Waals surface area contributed by atoms with E-state index in [2.05, 4.69) is 0 Å². The third-order valence-corrected chi connectivity index (χ3v) is 5.15. The lowest BCUT2D eigenvalue weighted by atomic mass is 10.0. The molecule has 0 unspecified atom stereocenters. The normalized spacial score (nSPS) is 22.7. The molecule has 1 aliphatic heterocycles. The van der Waals surface area contributed by atoms with Crippen LogP contribution in [0.15, 0.2) is 18.2 Å². The molecule has 2 amide bonds. The third-order valence-electron chi connectivity index (χ3n) is 4.86. The molecule has 4 nitrogen and oxygen atoms in total. The van der Waals surface area contributed by atoms with Crippen LogP contribution in [0.25, 0.3) is 0 Å². The quantitative estimate of drug-likeness (QED) is 0.830. The number of carbonyl (C=O) groups excluding carboxylic acids is 2. The van der Waals surface area contributed by atoms with Gasteiger partial charge in [0.15, 0.2) is 0 Å². The molecule has 1 aliphatic carbocycles. The summed E-state index contributed by atoms with van der Waals surface area (Å²) >= 11 is 5.80. The molecule has 1 aromatic rings. The van der Waals surface area contributed by atoms with Crippen LogP contribution in [0.3, 0.4) is 0 Å². The lowest BCUT2D eigenvalue weighted by Crippen LogP contribution is -2.58. The van der Waals surface area contributed by atoms with Gasteiger partial charge in [0.1, 0.15) is 11.9 Å². The number of hydrogen-bond donors (Lipinski definition) is 0. The number of rotatable bonds is 2. The van der Waals surface area contributed by atoms with Crippen molar-refractivity contribution in [3.8, 4) is 0 Å². The molecular weight excluding hydrogens is 319 g/mol. The minimum Gasteiger partial charge on any atom is -0.329 e. The van der Waals surface area contributed by atoms with Crippen molar-refractivity contribution in [1.82, 2.24) is 4.90 Å². The van der Waals surface area contributed by atoms with E-state index in [1.54, 1.807) is 22.8 Å². The van der Waals surface area contributed by atoms with Gasteiger partial charge < -0.3 is 9.80 Å². The molecule has 6 heteroatoms. The molecule has 0 bridgehead atoms. The number of benzene rings is 1. The molecule has 0 aromatic heterocycles. The second kappa shape index (κ2) is 6.48. The summed E-state index contributed by atoms with van der Waals surface area (Å²) in [6.07, 6.45) is 4.03. The van der Waals surface area contributed by atoms with E-state index in [1.807, 2.05) is 0 Å². The topological polar surface area (TPSA) is 40.6 Å². The van der Waals surface area contributed by atoms with E-state index >= 15 is 0 Å². The fourth-order valence-corrected chi connectivity index (χ4v) is 3.66. The third kappa shape index (κ3) is 3.07. The number of halogens is 2. The molecule has 1 saturated heterocycles. The van der Waals surface area contributed by atoms with Gasteiger partial charge in [0, 0.05) is 24.7 Å². The van der Waals surface area contributed by atoms with E-state index in [1.165, 1.54) is 12.1 Å². The molecule has 0 spiro atoms. The smallest absolute Gasteiger partial charge is 0.249 e. The monoisotopic (exact) mass is 338 g/mol. The van der Waals surface area contributed by atoms with Crippen LogP contribution in [-0.4, -0.2) is 35.8 Å². The number of piperazine rings is 1. The Kier molecular flexibility index (Phi) is 4.57. The van der Waals surface area contributed by atoms with Gasteiger partial charge in [-0.1, -0.05) is 24.4 Å². The number of nitrogens with zero attached hydrogens (tertiary/aromatic N) is 2. The first-order valence-corrected chi connectivity index (χ1v) is 8.43. The zero-order valence-electron chi connectivity index (χ0n) is 13.1. The molecule has 23 heavy (non-hydrogen) atoms. The van der Waals surface area contributed by atoms with Gasteiger partial charge in [-0.3, -0.25) is 9.59 Å². The summed E-state index contributed by atoms with van der Waals surface area (Å²) in [4.78, 5) is 28.5. The highest BCUT2D eigenvalue weighted by Crippen LogP contribution is 2.30. The van der Waals surface area contributed by atoms with Crippen LogP contribution < -0.4 is 4.90 Å². The minimum atomic E-state index is -0.508. The molecule has 2 aliphatic rings. The van der Waals surface area contributed by atoms with Crippen LogP contribution >= 0.6 is 11.6 Å². The minimum absolute atomic E-state index is 0.00702. The molecule has 1 heterocycles. The summed E-state index contributed by atoms with van der Waals surface area (Å²) in [7, 11) is 0. The van der Waals surface area contributed by atoms with E-state index in [4.69, 9.17) is 11.6 Å². The maximum absolute atomic E-state index is 13.3. The van der Waals surface area contributed by atoms with Crippen molar-refractivity contribution in [3.63, 3.8) is 0 Å². The summed E-state index contributed by atoms with van der Waals surface area (Å²) in [5.41, 5.74) is 0.571. The van der Waals surface area contributed by atoms with Gasteiger partial charge in [-0.2, -0.15) is 0 Å². The van der Waals surface area contributed by atoms with Gasteiger partial charge >= 0.3 is 0 Å².